The van der Waals surface area contributed by atoms with Crippen molar-refractivity contribution in [1.82, 2.24) is 0 Å². The first-order valence-electron chi connectivity index (χ1n) is 8.05. The zero-order valence-corrected chi connectivity index (χ0v) is 14.5. The normalized spacial score (nSPS) is 29.8. The topological polar surface area (TPSA) is 152 Å². The standard InChI is InChI=1S/C16H20N2O8/c1-25-13(21)15(7-3-5-9(15)19)11(17-23)12(18-24)16(14(22)26-2)8-4-6-10(16)20/h23-24H,3-8H2,1-2H3/b17-11-,18-12-/t15-,16+. The number of methoxy groups -OCH3 is 2. The van der Waals surface area contributed by atoms with E-state index in [9.17, 15) is 29.6 Å². The van der Waals surface area contributed by atoms with Crippen LogP contribution >= 0.6 is 0 Å². The van der Waals surface area contributed by atoms with E-state index in [-0.39, 0.29) is 25.7 Å². The van der Waals surface area contributed by atoms with E-state index in [1.807, 2.05) is 0 Å². The van der Waals surface area contributed by atoms with E-state index in [4.69, 9.17) is 9.47 Å². The summed E-state index contributed by atoms with van der Waals surface area (Å²) in [6.45, 7) is 0. The molecule has 0 spiro atoms. The first-order chi connectivity index (χ1) is 12.4. The predicted octanol–water partition coefficient (Wildman–Crippen LogP) is 0.472. The van der Waals surface area contributed by atoms with Gasteiger partial charge in [-0.05, 0) is 25.7 Å². The Morgan fingerprint density at radius 2 is 1.19 bits per heavy atom. The minimum absolute atomic E-state index is 0.00595. The summed E-state index contributed by atoms with van der Waals surface area (Å²) in [6.07, 6.45) is 0.471. The molecular formula is C16H20N2O8. The van der Waals surface area contributed by atoms with Gasteiger partial charge in [0.25, 0.3) is 0 Å². The fourth-order valence-electron chi connectivity index (χ4n) is 3.88. The van der Waals surface area contributed by atoms with E-state index in [1.54, 1.807) is 0 Å². The molecule has 10 nitrogen and oxygen atoms in total. The van der Waals surface area contributed by atoms with Crippen molar-refractivity contribution < 1.29 is 39.1 Å². The highest BCUT2D eigenvalue weighted by Gasteiger charge is 2.63. The summed E-state index contributed by atoms with van der Waals surface area (Å²) < 4.78 is 9.41. The predicted molar refractivity (Wildman–Crippen MR) is 85.1 cm³/mol. The Morgan fingerprint density at radius 1 is 0.846 bits per heavy atom. The van der Waals surface area contributed by atoms with E-state index in [0.717, 1.165) is 14.2 Å². The Balaban J connectivity index is 2.70. The molecule has 0 saturated heterocycles. The smallest absolute Gasteiger partial charge is 0.325 e. The summed E-state index contributed by atoms with van der Waals surface area (Å²) in [4.78, 5) is 49.9. The Kier molecular flexibility index (Phi) is 5.43. The largest absolute Gasteiger partial charge is 0.468 e. The van der Waals surface area contributed by atoms with Gasteiger partial charge in [-0.2, -0.15) is 0 Å². The average molecular weight is 368 g/mol. The van der Waals surface area contributed by atoms with Crippen LogP contribution in [0.1, 0.15) is 38.5 Å². The highest BCUT2D eigenvalue weighted by atomic mass is 16.5. The molecule has 26 heavy (non-hydrogen) atoms. The molecule has 0 aliphatic heterocycles. The number of ether oxygens (including phenoxy) is 2. The summed E-state index contributed by atoms with van der Waals surface area (Å²) in [5.74, 6) is -3.24. The molecule has 2 saturated carbocycles. The molecule has 2 aliphatic rings. The number of ketones is 2. The van der Waals surface area contributed by atoms with E-state index in [0.29, 0.717) is 12.8 Å². The lowest BCUT2D eigenvalue weighted by molar-refractivity contribution is -0.154. The number of Topliss-reactive ketones (excluding diaryl/α,β-unsaturated/α-hetero) is 2. The molecule has 0 aromatic rings. The van der Waals surface area contributed by atoms with Crippen LogP contribution in [0.3, 0.4) is 0 Å². The van der Waals surface area contributed by atoms with Crippen LogP contribution in [-0.2, 0) is 28.7 Å². The zero-order chi connectivity index (χ0) is 19.5. The molecular weight excluding hydrogens is 348 g/mol. The molecule has 2 atom stereocenters. The minimum atomic E-state index is -2.05. The molecule has 0 bridgehead atoms. The highest BCUT2D eigenvalue weighted by molar-refractivity contribution is 6.58. The van der Waals surface area contributed by atoms with E-state index >= 15 is 0 Å². The van der Waals surface area contributed by atoms with Gasteiger partial charge in [0.2, 0.25) is 0 Å². The van der Waals surface area contributed by atoms with E-state index in [1.165, 1.54) is 0 Å². The number of nitrogens with zero attached hydrogens (tertiary/aromatic N) is 2. The molecule has 142 valence electrons. The quantitative estimate of drug-likeness (QED) is 0.233. The number of carbonyl (C=O) groups excluding carboxylic acids is 4. The molecule has 0 aromatic heterocycles. The second-order valence-corrected chi connectivity index (χ2v) is 6.24. The number of hydrogen-bond donors (Lipinski definition) is 2. The van der Waals surface area contributed by atoms with Gasteiger partial charge >= 0.3 is 11.9 Å². The molecule has 2 fully saturated rings. The van der Waals surface area contributed by atoms with Gasteiger partial charge in [-0.3, -0.25) is 19.2 Å². The second-order valence-electron chi connectivity index (χ2n) is 6.24. The van der Waals surface area contributed by atoms with E-state index < -0.39 is 45.8 Å². The summed E-state index contributed by atoms with van der Waals surface area (Å²) in [6, 6.07) is 0. The van der Waals surface area contributed by atoms with Crippen molar-refractivity contribution in [2.45, 2.75) is 38.5 Å². The lowest BCUT2D eigenvalue weighted by Crippen LogP contribution is -2.55. The van der Waals surface area contributed by atoms with Gasteiger partial charge < -0.3 is 19.9 Å². The Labute approximate surface area is 148 Å². The lowest BCUT2D eigenvalue weighted by Gasteiger charge is -2.31. The van der Waals surface area contributed by atoms with Crippen LogP contribution in [0.5, 0.6) is 0 Å². The average Bonchev–Trinajstić information content (AvgIpc) is 3.22. The summed E-state index contributed by atoms with van der Waals surface area (Å²) in [5.41, 5.74) is -5.41. The van der Waals surface area contributed by atoms with Gasteiger partial charge in [-0.1, -0.05) is 10.3 Å². The monoisotopic (exact) mass is 368 g/mol. The van der Waals surface area contributed by atoms with Gasteiger partial charge in [-0.25, -0.2) is 0 Å². The second kappa shape index (κ2) is 7.22. The molecule has 10 heteroatoms. The van der Waals surface area contributed by atoms with Gasteiger partial charge in [-0.15, -0.1) is 0 Å². The van der Waals surface area contributed by atoms with Crippen LogP contribution in [0.2, 0.25) is 0 Å². The van der Waals surface area contributed by atoms with Gasteiger partial charge in [0, 0.05) is 12.8 Å². The van der Waals surface area contributed by atoms with Gasteiger partial charge in [0.15, 0.2) is 22.4 Å². The molecule has 0 aromatic carbocycles. The molecule has 0 radical (unpaired) electrons. The Hall–Kier alpha value is -2.78. The Bertz CT molecular complexity index is 653. The van der Waals surface area contributed by atoms with Crippen molar-refractivity contribution >= 4 is 34.9 Å². The Morgan fingerprint density at radius 3 is 1.38 bits per heavy atom. The molecule has 0 heterocycles. The van der Waals surface area contributed by atoms with Crippen molar-refractivity contribution in [2.24, 2.45) is 21.1 Å². The zero-order valence-electron chi connectivity index (χ0n) is 14.5. The minimum Gasteiger partial charge on any atom is -0.468 e. The van der Waals surface area contributed by atoms with Crippen molar-refractivity contribution in [3.8, 4) is 0 Å². The van der Waals surface area contributed by atoms with Crippen molar-refractivity contribution in [1.29, 1.82) is 0 Å². The van der Waals surface area contributed by atoms with Crippen LogP contribution in [0.4, 0.5) is 0 Å². The molecule has 2 aliphatic carbocycles. The summed E-state index contributed by atoms with van der Waals surface area (Å²) in [5, 5.41) is 25.2. The van der Waals surface area contributed by atoms with Crippen LogP contribution in [0.15, 0.2) is 10.3 Å². The maximum atomic E-state index is 12.5. The van der Waals surface area contributed by atoms with Crippen LogP contribution in [0.25, 0.3) is 0 Å². The molecule has 2 rings (SSSR count). The van der Waals surface area contributed by atoms with Crippen molar-refractivity contribution in [3.63, 3.8) is 0 Å². The third-order valence-electron chi connectivity index (χ3n) is 5.16. The maximum Gasteiger partial charge on any atom is 0.325 e. The third-order valence-corrected chi connectivity index (χ3v) is 5.16. The number of hydrogen-bond acceptors (Lipinski definition) is 10. The number of rotatable bonds is 5. The number of carbonyl (C=O) groups is 4. The highest BCUT2D eigenvalue weighted by Crippen LogP contribution is 2.44. The van der Waals surface area contributed by atoms with Crippen molar-refractivity contribution in [3.05, 3.63) is 0 Å². The third kappa shape index (κ3) is 2.47. The first-order valence-corrected chi connectivity index (χ1v) is 8.05. The fraction of sp³-hybridized carbons (Fsp3) is 0.625. The number of esters is 2. The van der Waals surface area contributed by atoms with Crippen LogP contribution in [-0.4, -0.2) is 59.6 Å². The molecule has 2 N–H and O–H groups in total. The summed E-state index contributed by atoms with van der Waals surface area (Å²) in [7, 11) is 2.11. The SMILES string of the molecule is COC(=O)[C@]1(C(=N\O)/C(=N/O)[C@]2(C(=O)OC)CCCC2=O)CCCC1=O. The number of oxime groups is 2. The van der Waals surface area contributed by atoms with Crippen LogP contribution in [0, 0.1) is 10.8 Å². The van der Waals surface area contributed by atoms with Crippen LogP contribution < -0.4 is 0 Å². The van der Waals surface area contributed by atoms with E-state index in [2.05, 4.69) is 10.3 Å². The molecule has 0 amide bonds. The van der Waals surface area contributed by atoms with Crippen molar-refractivity contribution in [2.75, 3.05) is 14.2 Å². The van der Waals surface area contributed by atoms with Gasteiger partial charge in [0.05, 0.1) is 14.2 Å². The summed E-state index contributed by atoms with van der Waals surface area (Å²) >= 11 is 0. The van der Waals surface area contributed by atoms with Gasteiger partial charge in [0.1, 0.15) is 11.4 Å². The molecule has 0 unspecified atom stereocenters. The lowest BCUT2D eigenvalue weighted by atomic mass is 9.69. The fourth-order valence-corrected chi connectivity index (χ4v) is 3.88. The first kappa shape index (κ1) is 19.5. The maximum absolute atomic E-state index is 12.5.